The van der Waals surface area contributed by atoms with Crippen LogP contribution in [0.15, 0.2) is 48.5 Å². The van der Waals surface area contributed by atoms with E-state index in [9.17, 15) is 4.79 Å². The molecule has 2 aromatic carbocycles. The first kappa shape index (κ1) is 13.3. The number of carbonyl (C=O) groups excluding carboxylic acids is 1. The number of rotatable bonds is 0. The molecule has 2 bridgehead atoms. The molecule has 2 aliphatic heterocycles. The second-order valence-corrected chi connectivity index (χ2v) is 4.88. The van der Waals surface area contributed by atoms with Gasteiger partial charge in [0.1, 0.15) is 0 Å². The monoisotopic (exact) mass is 277 g/mol. The maximum Gasteiger partial charge on any atom is 0.311 e. The van der Waals surface area contributed by atoms with E-state index in [4.69, 9.17) is 4.74 Å². The average Bonchev–Trinajstić information content (AvgIpc) is 2.53. The molecule has 0 fully saturated rings. The lowest BCUT2D eigenvalue weighted by atomic mass is 10.1. The molecule has 0 saturated carbocycles. The Morgan fingerprint density at radius 2 is 1.86 bits per heavy atom. The molecule has 3 heteroatoms. The van der Waals surface area contributed by atoms with Gasteiger partial charge in [0.05, 0.1) is 12.1 Å². The molecule has 3 nitrogen and oxygen atoms in total. The number of esters is 1. The number of ether oxygens (including phenoxy) is 1. The van der Waals surface area contributed by atoms with Crippen molar-refractivity contribution < 1.29 is 9.53 Å². The van der Waals surface area contributed by atoms with Crippen molar-refractivity contribution in [2.75, 3.05) is 18.6 Å². The SMILES string of the molecule is CN1c2ccc(cc2)CC(=O)OCC#Cc2ccccc21. The summed E-state index contributed by atoms with van der Waals surface area (Å²) in [5.41, 5.74) is 3.95. The Hall–Kier alpha value is -2.73. The molecule has 0 amide bonds. The molecule has 0 radical (unpaired) electrons. The van der Waals surface area contributed by atoms with Gasteiger partial charge in [0.25, 0.3) is 0 Å². The highest BCUT2D eigenvalue weighted by Gasteiger charge is 2.10. The van der Waals surface area contributed by atoms with Gasteiger partial charge in [-0.1, -0.05) is 36.1 Å². The van der Waals surface area contributed by atoms with E-state index in [1.165, 1.54) is 0 Å². The fraction of sp³-hybridized carbons (Fsp3) is 0.167. The Morgan fingerprint density at radius 1 is 1.10 bits per heavy atom. The van der Waals surface area contributed by atoms with E-state index in [0.717, 1.165) is 22.5 Å². The second-order valence-electron chi connectivity index (χ2n) is 4.88. The third-order valence-corrected chi connectivity index (χ3v) is 3.47. The summed E-state index contributed by atoms with van der Waals surface area (Å²) in [6, 6.07) is 15.9. The maximum atomic E-state index is 11.7. The van der Waals surface area contributed by atoms with Gasteiger partial charge in [-0.05, 0) is 29.8 Å². The fourth-order valence-electron chi connectivity index (χ4n) is 2.31. The summed E-state index contributed by atoms with van der Waals surface area (Å²) >= 11 is 0. The number of fused-ring (bicyclic) bond motifs is 6. The van der Waals surface area contributed by atoms with E-state index < -0.39 is 0 Å². The average molecular weight is 277 g/mol. The Labute approximate surface area is 124 Å². The van der Waals surface area contributed by atoms with Crippen molar-refractivity contribution in [1.82, 2.24) is 0 Å². The Balaban J connectivity index is 2.09. The van der Waals surface area contributed by atoms with Crippen LogP contribution in [-0.2, 0) is 16.0 Å². The van der Waals surface area contributed by atoms with Crippen LogP contribution in [0.1, 0.15) is 11.1 Å². The van der Waals surface area contributed by atoms with Gasteiger partial charge < -0.3 is 9.64 Å². The maximum absolute atomic E-state index is 11.7. The molecule has 0 spiro atoms. The molecule has 0 unspecified atom stereocenters. The normalized spacial score (nSPS) is 14.0. The second kappa shape index (κ2) is 5.72. The number of anilines is 2. The number of benzene rings is 2. The molecule has 2 aliphatic rings. The lowest BCUT2D eigenvalue weighted by Crippen LogP contribution is -2.11. The van der Waals surface area contributed by atoms with Crippen LogP contribution < -0.4 is 4.90 Å². The Bertz CT molecular complexity index is 723. The van der Waals surface area contributed by atoms with Gasteiger partial charge in [-0.3, -0.25) is 4.79 Å². The van der Waals surface area contributed by atoms with Crippen molar-refractivity contribution in [2.45, 2.75) is 6.42 Å². The van der Waals surface area contributed by atoms with Gasteiger partial charge >= 0.3 is 5.97 Å². The predicted octanol–water partition coefficient (Wildman–Crippen LogP) is 2.91. The van der Waals surface area contributed by atoms with E-state index in [1.807, 2.05) is 55.6 Å². The van der Waals surface area contributed by atoms with E-state index in [0.29, 0.717) is 0 Å². The van der Waals surface area contributed by atoms with Crippen molar-refractivity contribution in [2.24, 2.45) is 0 Å². The van der Waals surface area contributed by atoms with Crippen LogP contribution in [-0.4, -0.2) is 19.6 Å². The van der Waals surface area contributed by atoms with Gasteiger partial charge in [-0.2, -0.15) is 0 Å². The highest BCUT2D eigenvalue weighted by molar-refractivity contribution is 5.74. The quantitative estimate of drug-likeness (QED) is 0.548. The molecule has 0 aliphatic carbocycles. The lowest BCUT2D eigenvalue weighted by molar-refractivity contribution is -0.141. The van der Waals surface area contributed by atoms with Crippen LogP contribution in [0, 0.1) is 11.8 Å². The minimum Gasteiger partial charge on any atom is -0.452 e. The van der Waals surface area contributed by atoms with Crippen LogP contribution in [0.5, 0.6) is 0 Å². The first-order valence-electron chi connectivity index (χ1n) is 6.80. The summed E-state index contributed by atoms with van der Waals surface area (Å²) < 4.78 is 5.13. The first-order chi connectivity index (χ1) is 10.2. The summed E-state index contributed by atoms with van der Waals surface area (Å²) in [4.78, 5) is 13.8. The van der Waals surface area contributed by atoms with Crippen molar-refractivity contribution >= 4 is 17.3 Å². The van der Waals surface area contributed by atoms with E-state index in [2.05, 4.69) is 16.7 Å². The van der Waals surface area contributed by atoms with Crippen LogP contribution in [0.4, 0.5) is 11.4 Å². The molecule has 2 aromatic rings. The van der Waals surface area contributed by atoms with Gasteiger partial charge in [-0.15, -0.1) is 0 Å². The van der Waals surface area contributed by atoms with E-state index >= 15 is 0 Å². The highest BCUT2D eigenvalue weighted by atomic mass is 16.5. The summed E-state index contributed by atoms with van der Waals surface area (Å²) in [5.74, 6) is 5.72. The van der Waals surface area contributed by atoms with Crippen LogP contribution in [0.25, 0.3) is 0 Å². The van der Waals surface area contributed by atoms with Crippen molar-refractivity contribution in [3.8, 4) is 11.8 Å². The Morgan fingerprint density at radius 3 is 2.67 bits per heavy atom. The van der Waals surface area contributed by atoms with Gasteiger partial charge in [0.2, 0.25) is 0 Å². The summed E-state index contributed by atoms with van der Waals surface area (Å²) in [6.45, 7) is 0.119. The highest BCUT2D eigenvalue weighted by Crippen LogP contribution is 2.27. The standard InChI is InChI=1S/C18H15NO2/c1-19-16-10-8-14(9-11-16)13-18(20)21-12-4-6-15-5-2-3-7-17(15)19/h2-3,5,7-11H,12-13H2,1H3. The number of hydrogen-bond donors (Lipinski definition) is 0. The lowest BCUT2D eigenvalue weighted by Gasteiger charge is -2.21. The van der Waals surface area contributed by atoms with E-state index in [-0.39, 0.29) is 19.0 Å². The smallest absolute Gasteiger partial charge is 0.311 e. The molecule has 104 valence electrons. The Kier molecular flexibility index (Phi) is 3.61. The van der Waals surface area contributed by atoms with Crippen LogP contribution in [0.2, 0.25) is 0 Å². The van der Waals surface area contributed by atoms with Crippen molar-refractivity contribution in [3.63, 3.8) is 0 Å². The molecule has 0 saturated heterocycles. The van der Waals surface area contributed by atoms with Gasteiger partial charge in [0, 0.05) is 18.3 Å². The molecular weight excluding hydrogens is 262 g/mol. The van der Waals surface area contributed by atoms with E-state index in [1.54, 1.807) is 0 Å². The molecule has 0 aromatic heterocycles. The predicted molar refractivity (Wildman–Crippen MR) is 82.5 cm³/mol. The molecule has 21 heavy (non-hydrogen) atoms. The fourth-order valence-corrected chi connectivity index (χ4v) is 2.31. The van der Waals surface area contributed by atoms with Gasteiger partial charge in [0.15, 0.2) is 6.61 Å². The zero-order valence-corrected chi connectivity index (χ0v) is 11.8. The van der Waals surface area contributed by atoms with Gasteiger partial charge in [-0.25, -0.2) is 0 Å². The number of carbonyl (C=O) groups is 1. The summed E-state index contributed by atoms with van der Waals surface area (Å²) in [5, 5.41) is 0. The summed E-state index contributed by atoms with van der Waals surface area (Å²) in [7, 11) is 2.01. The molecular formula is C18H15NO2. The molecule has 0 N–H and O–H groups in total. The summed E-state index contributed by atoms with van der Waals surface area (Å²) in [6.07, 6.45) is 0.276. The number of para-hydroxylation sites is 1. The van der Waals surface area contributed by atoms with Crippen LogP contribution >= 0.6 is 0 Å². The van der Waals surface area contributed by atoms with Crippen molar-refractivity contribution in [1.29, 1.82) is 0 Å². The zero-order valence-electron chi connectivity index (χ0n) is 11.8. The number of nitrogens with zero attached hydrogens (tertiary/aromatic N) is 1. The zero-order chi connectivity index (χ0) is 14.7. The first-order valence-corrected chi connectivity index (χ1v) is 6.80. The minimum absolute atomic E-state index is 0.119. The largest absolute Gasteiger partial charge is 0.452 e. The third-order valence-electron chi connectivity index (χ3n) is 3.47. The molecule has 2 heterocycles. The molecule has 4 rings (SSSR count). The topological polar surface area (TPSA) is 29.5 Å². The minimum atomic E-state index is -0.252. The third kappa shape index (κ3) is 2.90. The number of hydrogen-bond acceptors (Lipinski definition) is 3. The van der Waals surface area contributed by atoms with Crippen molar-refractivity contribution in [3.05, 3.63) is 59.7 Å². The molecule has 0 atom stereocenters. The van der Waals surface area contributed by atoms with Crippen LogP contribution in [0.3, 0.4) is 0 Å².